The smallest absolute Gasteiger partial charge is 0.264 e. The summed E-state index contributed by atoms with van der Waals surface area (Å²) >= 11 is 1.28. The van der Waals surface area contributed by atoms with E-state index in [2.05, 4.69) is 28.6 Å². The molecule has 1 fully saturated rings. The third-order valence-corrected chi connectivity index (χ3v) is 8.61. The van der Waals surface area contributed by atoms with Crippen molar-refractivity contribution in [1.82, 2.24) is 15.3 Å². The number of carbonyl (C=O) groups excluding carboxylic acids is 2. The molecule has 0 spiro atoms. The van der Waals surface area contributed by atoms with Crippen molar-refractivity contribution in [2.45, 2.75) is 24.6 Å². The van der Waals surface area contributed by atoms with Crippen molar-refractivity contribution in [2.75, 3.05) is 32.9 Å². The lowest BCUT2D eigenvalue weighted by Crippen LogP contribution is -2.50. The average molecular weight is 450 g/mol. The summed E-state index contributed by atoms with van der Waals surface area (Å²) in [6.45, 7) is 3.56. The highest BCUT2D eigenvalue weighted by atomic mass is 32.2. The van der Waals surface area contributed by atoms with E-state index in [4.69, 9.17) is 5.21 Å². The van der Waals surface area contributed by atoms with Crippen molar-refractivity contribution < 1.29 is 23.2 Å². The third kappa shape index (κ3) is 4.37. The highest BCUT2D eigenvalue weighted by Crippen LogP contribution is 2.32. The van der Waals surface area contributed by atoms with Crippen molar-refractivity contribution in [3.8, 4) is 23.7 Å². The molecule has 2 amide bonds. The van der Waals surface area contributed by atoms with Crippen LogP contribution in [0.15, 0.2) is 6.07 Å². The summed E-state index contributed by atoms with van der Waals surface area (Å²) < 4.78 is 22.3. The Balaban J connectivity index is 1.63. The van der Waals surface area contributed by atoms with Crippen LogP contribution in [0.25, 0.3) is 0 Å². The minimum absolute atomic E-state index is 0.0690. The summed E-state index contributed by atoms with van der Waals surface area (Å²) in [6.07, 6.45) is 0.805. The molecule has 3 heterocycles. The van der Waals surface area contributed by atoms with E-state index in [9.17, 15) is 18.0 Å². The van der Waals surface area contributed by atoms with Gasteiger partial charge in [0.25, 0.3) is 11.8 Å². The molecule has 3 rings (SSSR count). The summed E-state index contributed by atoms with van der Waals surface area (Å²) in [6, 6.07) is 1.85. The fraction of sp³-hybridized carbons (Fsp3) is 0.500. The molecule has 1 aromatic rings. The van der Waals surface area contributed by atoms with E-state index in [1.807, 2.05) is 13.1 Å². The van der Waals surface area contributed by atoms with E-state index >= 15 is 0 Å². The second-order valence-corrected chi connectivity index (χ2v) is 11.3. The van der Waals surface area contributed by atoms with Gasteiger partial charge in [-0.3, -0.25) is 14.8 Å². The number of hydrogen-bond donors (Lipinski definition) is 2. The quantitative estimate of drug-likeness (QED) is 0.381. The molecule has 0 radical (unpaired) electrons. The van der Waals surface area contributed by atoms with Crippen molar-refractivity contribution in [1.29, 1.82) is 0 Å². The topological polar surface area (TPSA) is 107 Å². The van der Waals surface area contributed by atoms with Gasteiger partial charge in [-0.25, -0.2) is 13.9 Å². The molecule has 0 bridgehead atoms. The van der Waals surface area contributed by atoms with Crippen LogP contribution in [0.3, 0.4) is 0 Å². The van der Waals surface area contributed by atoms with Gasteiger partial charge in [0, 0.05) is 38.4 Å². The number of fused-ring (bicyclic) bond motifs is 1. The van der Waals surface area contributed by atoms with Gasteiger partial charge in [-0.1, -0.05) is 5.92 Å². The second-order valence-electron chi connectivity index (χ2n) is 7.82. The number of carbonyl (C=O) groups is 2. The zero-order valence-corrected chi connectivity index (χ0v) is 18.6. The SMILES string of the molecule is CN1CC(C#CC#Cc2cc3c(s2)C(=O)N(CC[C@](C)(C(=O)NO)S(C)(=O)=O)C3)C1. The van der Waals surface area contributed by atoms with Gasteiger partial charge in [0.15, 0.2) is 14.6 Å². The maximum Gasteiger partial charge on any atom is 0.264 e. The van der Waals surface area contributed by atoms with Crippen LogP contribution in [0, 0.1) is 29.6 Å². The van der Waals surface area contributed by atoms with Gasteiger partial charge in [-0.05, 0) is 49.8 Å². The molecule has 0 unspecified atom stereocenters. The Morgan fingerprint density at radius 3 is 2.67 bits per heavy atom. The Labute approximate surface area is 180 Å². The molecule has 0 saturated carbocycles. The maximum atomic E-state index is 12.7. The van der Waals surface area contributed by atoms with Crippen LogP contribution in [0.5, 0.6) is 0 Å². The lowest BCUT2D eigenvalue weighted by molar-refractivity contribution is -0.131. The number of likely N-dealkylation sites (tertiary alicyclic amines) is 1. The highest BCUT2D eigenvalue weighted by Gasteiger charge is 2.44. The zero-order chi connectivity index (χ0) is 22.1. The standard InChI is InChI=1S/C20H23N3O5S2/c1-20(19(25)21-26,30(3,27)28)8-9-23-13-15-10-16(29-17(15)18(23)24)7-5-4-6-14-11-22(2)12-14/h10,14,26H,8-9,11-13H2,1-3H3,(H,21,25)/t20-/m1/s1. The lowest BCUT2D eigenvalue weighted by atomic mass is 10.0. The number of amides is 2. The first-order valence-corrected chi connectivity index (χ1v) is 12.0. The molecule has 2 N–H and O–H groups in total. The average Bonchev–Trinajstić information content (AvgIpc) is 3.18. The van der Waals surface area contributed by atoms with Crippen molar-refractivity contribution in [3.63, 3.8) is 0 Å². The highest BCUT2D eigenvalue weighted by molar-refractivity contribution is 7.92. The number of hydroxylamine groups is 1. The van der Waals surface area contributed by atoms with Crippen LogP contribution in [-0.4, -0.2) is 72.9 Å². The maximum absolute atomic E-state index is 12.7. The number of thiophene rings is 1. The van der Waals surface area contributed by atoms with Gasteiger partial charge < -0.3 is 9.80 Å². The second kappa shape index (κ2) is 8.40. The first kappa shape index (κ1) is 22.3. The molecular weight excluding hydrogens is 426 g/mol. The van der Waals surface area contributed by atoms with Gasteiger partial charge in [-0.2, -0.15) is 0 Å². The predicted octanol–water partition coefficient (Wildman–Crippen LogP) is 0.319. The molecule has 0 aliphatic carbocycles. The summed E-state index contributed by atoms with van der Waals surface area (Å²) in [4.78, 5) is 29.6. The molecule has 10 heteroatoms. The van der Waals surface area contributed by atoms with E-state index in [0.717, 1.165) is 29.8 Å². The molecule has 8 nitrogen and oxygen atoms in total. The Hall–Kier alpha value is -2.37. The van der Waals surface area contributed by atoms with E-state index in [1.165, 1.54) is 28.6 Å². The Morgan fingerprint density at radius 2 is 2.10 bits per heavy atom. The summed E-state index contributed by atoms with van der Waals surface area (Å²) in [5, 5.41) is 8.90. The summed E-state index contributed by atoms with van der Waals surface area (Å²) in [5.74, 6) is 10.9. The number of nitrogens with one attached hydrogen (secondary N) is 1. The number of nitrogens with zero attached hydrogens (tertiary/aromatic N) is 2. The third-order valence-electron chi connectivity index (χ3n) is 5.50. The Morgan fingerprint density at radius 1 is 1.40 bits per heavy atom. The van der Waals surface area contributed by atoms with Crippen LogP contribution in [0.2, 0.25) is 0 Å². The summed E-state index contributed by atoms with van der Waals surface area (Å²) in [7, 11) is -1.76. The molecule has 2 aliphatic rings. The minimum Gasteiger partial charge on any atom is -0.333 e. The molecule has 30 heavy (non-hydrogen) atoms. The molecule has 0 aromatic carbocycles. The van der Waals surface area contributed by atoms with Crippen LogP contribution in [-0.2, 0) is 21.2 Å². The monoisotopic (exact) mass is 449 g/mol. The van der Waals surface area contributed by atoms with Gasteiger partial charge in [0.05, 0.1) is 9.75 Å². The molecule has 160 valence electrons. The van der Waals surface area contributed by atoms with Crippen molar-refractivity contribution in [3.05, 3.63) is 21.4 Å². The van der Waals surface area contributed by atoms with Crippen molar-refractivity contribution >= 4 is 33.0 Å². The predicted molar refractivity (Wildman–Crippen MR) is 112 cm³/mol. The van der Waals surface area contributed by atoms with E-state index in [0.29, 0.717) is 17.3 Å². The van der Waals surface area contributed by atoms with Gasteiger partial charge in [0.2, 0.25) is 0 Å². The minimum atomic E-state index is -3.81. The number of rotatable bonds is 5. The fourth-order valence-corrected chi connectivity index (χ4v) is 5.18. The Bertz CT molecular complexity index is 1100. The molecule has 2 aliphatic heterocycles. The van der Waals surface area contributed by atoms with Crippen LogP contribution in [0.4, 0.5) is 0 Å². The fourth-order valence-electron chi connectivity index (χ4n) is 3.35. The van der Waals surface area contributed by atoms with Gasteiger partial charge in [-0.15, -0.1) is 11.3 Å². The van der Waals surface area contributed by atoms with Gasteiger partial charge in [0.1, 0.15) is 0 Å². The van der Waals surface area contributed by atoms with Crippen LogP contribution < -0.4 is 5.48 Å². The number of hydrogen-bond acceptors (Lipinski definition) is 7. The number of sulfone groups is 1. The van der Waals surface area contributed by atoms with Crippen molar-refractivity contribution in [2.24, 2.45) is 5.92 Å². The molecule has 1 saturated heterocycles. The largest absolute Gasteiger partial charge is 0.333 e. The normalized spacial score (nSPS) is 18.4. The van der Waals surface area contributed by atoms with E-state index in [1.54, 1.807) is 0 Å². The molecule has 1 atom stereocenters. The van der Waals surface area contributed by atoms with Gasteiger partial charge >= 0.3 is 0 Å². The van der Waals surface area contributed by atoms with Crippen LogP contribution in [0.1, 0.15) is 33.5 Å². The van der Waals surface area contributed by atoms with E-state index < -0.39 is 20.5 Å². The molecule has 1 aromatic heterocycles. The summed E-state index contributed by atoms with van der Waals surface area (Å²) in [5.41, 5.74) is 2.24. The lowest BCUT2D eigenvalue weighted by Gasteiger charge is -2.32. The van der Waals surface area contributed by atoms with Crippen LogP contribution >= 0.6 is 11.3 Å². The molecular formula is C20H23N3O5S2. The first-order chi connectivity index (χ1) is 14.0. The Kier molecular flexibility index (Phi) is 6.25. The first-order valence-electron chi connectivity index (χ1n) is 9.31. The van der Waals surface area contributed by atoms with E-state index in [-0.39, 0.29) is 18.9 Å². The zero-order valence-electron chi connectivity index (χ0n) is 17.0.